The Balaban J connectivity index is 0.000000331. The fourth-order valence-electron chi connectivity index (χ4n) is 5.10. The Kier molecular flexibility index (Phi) is 18.9. The van der Waals surface area contributed by atoms with Gasteiger partial charge in [0, 0.05) is 47.0 Å². The summed E-state index contributed by atoms with van der Waals surface area (Å²) in [6.45, 7) is 10.8. The molecule has 2 aromatic heterocycles. The predicted molar refractivity (Wildman–Crippen MR) is 208 cm³/mol. The lowest BCUT2D eigenvalue weighted by molar-refractivity contribution is -0.125. The molecule has 2 saturated heterocycles. The number of ketones is 1. The molecule has 2 aromatic rings. The number of carbonyl (C=O) groups is 3. The summed E-state index contributed by atoms with van der Waals surface area (Å²) >= 11 is 9.72. The van der Waals surface area contributed by atoms with Gasteiger partial charge in [0.25, 0.3) is 0 Å². The molecule has 0 aromatic carbocycles. The number of hydrogen-bond donors (Lipinski definition) is 3. The quantitative estimate of drug-likeness (QED) is 0.0821. The topological polar surface area (TPSA) is 139 Å². The van der Waals surface area contributed by atoms with Crippen molar-refractivity contribution in [1.82, 2.24) is 20.7 Å². The second kappa shape index (κ2) is 21.3. The van der Waals surface area contributed by atoms with Gasteiger partial charge in [-0.05, 0) is 122 Å². The van der Waals surface area contributed by atoms with Crippen LogP contribution in [-0.2, 0) is 9.47 Å². The van der Waals surface area contributed by atoms with Crippen molar-refractivity contribution in [3.8, 4) is 0 Å². The molecular weight excluding hydrogens is 910 g/mol. The molecule has 0 spiro atoms. The summed E-state index contributed by atoms with van der Waals surface area (Å²) in [7, 11) is 0. The normalized spacial score (nSPS) is 16.4. The number of ether oxygens (including phenoxy) is 2. The Bertz CT molecular complexity index is 1560. The van der Waals surface area contributed by atoms with Gasteiger partial charge >= 0.3 is 24.5 Å². The minimum atomic E-state index is -4.33. The first-order chi connectivity index (χ1) is 25.3. The van der Waals surface area contributed by atoms with Gasteiger partial charge in [-0.25, -0.2) is 9.59 Å². The van der Waals surface area contributed by atoms with Crippen LogP contribution in [0.2, 0.25) is 0 Å². The first-order valence-corrected chi connectivity index (χ1v) is 20.5. The maximum absolute atomic E-state index is 12.4. The number of thiophene rings is 2. The van der Waals surface area contributed by atoms with E-state index in [1.54, 1.807) is 9.80 Å². The number of alkyl halides is 6. The van der Waals surface area contributed by atoms with Gasteiger partial charge in [-0.1, -0.05) is 0 Å². The molecule has 4 N–H and O–H groups in total. The average Bonchev–Trinajstić information content (AvgIpc) is 3.68. The van der Waals surface area contributed by atoms with Gasteiger partial charge in [-0.2, -0.15) is 31.4 Å². The van der Waals surface area contributed by atoms with Crippen LogP contribution in [0.5, 0.6) is 0 Å². The van der Waals surface area contributed by atoms with Gasteiger partial charge in [0.1, 0.15) is 24.3 Å². The molecule has 0 saturated carbocycles. The van der Waals surface area contributed by atoms with Gasteiger partial charge in [-0.15, -0.1) is 22.7 Å². The van der Waals surface area contributed by atoms with Crippen LogP contribution in [0.1, 0.15) is 81.8 Å². The van der Waals surface area contributed by atoms with Crippen LogP contribution in [0.15, 0.2) is 36.9 Å². The summed E-state index contributed by atoms with van der Waals surface area (Å²) in [4.78, 5) is 41.5. The highest BCUT2D eigenvalue weighted by Crippen LogP contribution is 2.32. The predicted octanol–water partition coefficient (Wildman–Crippen LogP) is 9.37. The average molecular weight is 959 g/mol. The smallest absolute Gasteiger partial charge is 0.410 e. The highest BCUT2D eigenvalue weighted by Gasteiger charge is 2.33. The maximum atomic E-state index is 12.4. The first-order valence-electron chi connectivity index (χ1n) is 17.1. The lowest BCUT2D eigenvalue weighted by Crippen LogP contribution is -2.43. The number of halogens is 8. The maximum Gasteiger partial charge on any atom is 0.410 e. The summed E-state index contributed by atoms with van der Waals surface area (Å²) in [5, 5.41) is 7.82. The van der Waals surface area contributed by atoms with E-state index in [1.807, 2.05) is 64.4 Å². The first kappa shape index (κ1) is 48.7. The number of piperidine rings is 2. The van der Waals surface area contributed by atoms with E-state index in [1.165, 1.54) is 28.1 Å². The van der Waals surface area contributed by atoms with Gasteiger partial charge in [0.2, 0.25) is 0 Å². The lowest BCUT2D eigenvalue weighted by atomic mass is 9.91. The number of Topliss-reactive ketones (excluding diaryl/α,β-unsaturated/α-hetero) is 1. The second-order valence-electron chi connectivity index (χ2n) is 14.5. The molecule has 21 heteroatoms. The van der Waals surface area contributed by atoms with Crippen molar-refractivity contribution in [2.45, 2.75) is 90.8 Å². The number of likely N-dealkylation sites (tertiary alicyclic amines) is 2. The summed E-state index contributed by atoms with van der Waals surface area (Å²) < 4.78 is 82.5. The molecule has 4 rings (SSSR count). The number of nitrogens with two attached hydrogens (primary N) is 1. The molecule has 2 amide bonds. The fourth-order valence-corrected chi connectivity index (χ4v) is 8.33. The molecule has 312 valence electrons. The van der Waals surface area contributed by atoms with E-state index in [9.17, 15) is 40.7 Å². The lowest BCUT2D eigenvalue weighted by Gasteiger charge is -2.33. The van der Waals surface area contributed by atoms with E-state index in [0.29, 0.717) is 57.6 Å². The summed E-state index contributed by atoms with van der Waals surface area (Å²) in [5.74, 6) is 4.48. The summed E-state index contributed by atoms with van der Waals surface area (Å²) in [6.07, 6.45) is -6.56. The highest BCUT2D eigenvalue weighted by atomic mass is 79.9. The number of hydrogen-bond acceptors (Lipinski definition) is 11. The van der Waals surface area contributed by atoms with Crippen LogP contribution in [0.4, 0.5) is 35.9 Å². The largest absolute Gasteiger partial charge is 0.444 e. The van der Waals surface area contributed by atoms with E-state index >= 15 is 0 Å². The third kappa shape index (κ3) is 18.6. The molecular formula is C34H48Br2F6N6O5S2. The molecule has 0 atom stereocenters. The SMILES string of the molecule is CC(C)(C)OC(=O)N1CCC(/C(=N\NCC(F)(F)F)c2sccc2Br)CC1.CC(C)(C)OC(=O)N1CCC(C(=O)c2sccc2Br)CC1.NNCC(F)(F)F. The Hall–Kier alpha value is -2.46. The Morgan fingerprint density at radius 3 is 1.47 bits per heavy atom. The van der Waals surface area contributed by atoms with Crippen LogP contribution < -0.4 is 16.7 Å². The molecule has 2 aliphatic rings. The van der Waals surface area contributed by atoms with Gasteiger partial charge in [0.15, 0.2) is 5.78 Å². The van der Waals surface area contributed by atoms with E-state index in [4.69, 9.17) is 9.47 Å². The second-order valence-corrected chi connectivity index (χ2v) is 18.0. The standard InChI is InChI=1S/C17H23BrF3N3O2S.C15H20BrNO3S.C2H5F3N2/c1-16(2,3)26-15(25)24-7-4-11(5-8-24)13(14-12(18)6-9-27-14)23-22-10-17(19,20)21;1-15(2,3)20-14(19)17-7-4-10(5-8-17)12(18)13-11(16)6-9-21-13;3-2(4,5)1-7-6/h6,9,11,22H,4-5,7-8,10H2,1-3H3;6,9-10H,4-5,7-8H2,1-3H3;7H,1,6H2/b23-13+;;. The molecule has 2 aliphatic heterocycles. The molecule has 0 radical (unpaired) electrons. The van der Waals surface area contributed by atoms with E-state index < -0.39 is 36.6 Å². The van der Waals surface area contributed by atoms with E-state index in [2.05, 4.69) is 48.2 Å². The zero-order chi connectivity index (χ0) is 41.8. The third-order valence-corrected chi connectivity index (χ3v) is 11.2. The van der Waals surface area contributed by atoms with Crippen molar-refractivity contribution in [2.24, 2.45) is 22.8 Å². The molecule has 0 unspecified atom stereocenters. The minimum absolute atomic E-state index is 0.00126. The van der Waals surface area contributed by atoms with Crippen molar-refractivity contribution in [3.63, 3.8) is 0 Å². The molecule has 4 heterocycles. The van der Waals surface area contributed by atoms with Gasteiger partial charge in [-0.3, -0.25) is 16.1 Å². The minimum Gasteiger partial charge on any atom is -0.444 e. The molecule has 55 heavy (non-hydrogen) atoms. The Labute approximate surface area is 341 Å². The van der Waals surface area contributed by atoms with Crippen molar-refractivity contribution in [3.05, 3.63) is 41.6 Å². The number of nitrogens with zero attached hydrogens (tertiary/aromatic N) is 3. The van der Waals surface area contributed by atoms with Crippen LogP contribution in [0.3, 0.4) is 0 Å². The Morgan fingerprint density at radius 1 is 0.745 bits per heavy atom. The van der Waals surface area contributed by atoms with Crippen LogP contribution in [0, 0.1) is 11.8 Å². The van der Waals surface area contributed by atoms with Crippen LogP contribution in [-0.4, -0.2) is 96.3 Å². The number of carbonyl (C=O) groups excluding carboxylic acids is 3. The highest BCUT2D eigenvalue weighted by molar-refractivity contribution is 9.11. The van der Waals surface area contributed by atoms with Crippen LogP contribution >= 0.6 is 54.5 Å². The molecule has 11 nitrogen and oxygen atoms in total. The Morgan fingerprint density at radius 2 is 1.15 bits per heavy atom. The number of nitrogens with one attached hydrogen (secondary N) is 2. The van der Waals surface area contributed by atoms with E-state index in [0.717, 1.165) is 18.7 Å². The summed E-state index contributed by atoms with van der Waals surface area (Å²) in [6, 6.07) is 3.74. The summed E-state index contributed by atoms with van der Waals surface area (Å²) in [5.41, 5.74) is 3.17. The van der Waals surface area contributed by atoms with Gasteiger partial charge in [0.05, 0.1) is 15.5 Å². The molecule has 2 fully saturated rings. The van der Waals surface area contributed by atoms with Crippen molar-refractivity contribution >= 4 is 78.2 Å². The number of hydrazone groups is 1. The van der Waals surface area contributed by atoms with Crippen molar-refractivity contribution < 1.29 is 50.2 Å². The number of amides is 2. The fraction of sp³-hybridized carbons (Fsp3) is 0.647. The molecule has 0 bridgehead atoms. The van der Waals surface area contributed by atoms with Crippen molar-refractivity contribution in [1.29, 1.82) is 0 Å². The van der Waals surface area contributed by atoms with Gasteiger partial charge < -0.3 is 24.7 Å². The number of hydrazine groups is 1. The number of rotatable bonds is 7. The monoisotopic (exact) mass is 956 g/mol. The van der Waals surface area contributed by atoms with Crippen molar-refractivity contribution in [2.75, 3.05) is 39.3 Å². The van der Waals surface area contributed by atoms with Crippen LogP contribution in [0.25, 0.3) is 0 Å². The zero-order valence-corrected chi connectivity index (χ0v) is 36.1. The van der Waals surface area contributed by atoms with E-state index in [-0.39, 0.29) is 29.8 Å². The molecule has 0 aliphatic carbocycles. The zero-order valence-electron chi connectivity index (χ0n) is 31.3. The third-order valence-electron chi connectivity index (χ3n) is 7.52.